The summed E-state index contributed by atoms with van der Waals surface area (Å²) in [6.45, 7) is 2.87. The summed E-state index contributed by atoms with van der Waals surface area (Å²) in [4.78, 5) is 22.1. The Labute approximate surface area is 104 Å². The normalized spacial score (nSPS) is 38.3. The van der Waals surface area contributed by atoms with Gasteiger partial charge in [0.05, 0.1) is 6.61 Å². The number of fused-ring (bicyclic) bond motifs is 2. The molecule has 2 fully saturated rings. The molecule has 7 heteroatoms. The van der Waals surface area contributed by atoms with E-state index in [1.807, 2.05) is 0 Å². The fourth-order valence-corrected chi connectivity index (χ4v) is 2.25. The summed E-state index contributed by atoms with van der Waals surface area (Å²) in [7, 11) is 1.45. The van der Waals surface area contributed by atoms with Gasteiger partial charge in [0, 0.05) is 21.0 Å². The maximum absolute atomic E-state index is 11.1. The summed E-state index contributed by atoms with van der Waals surface area (Å²) in [5.41, 5.74) is 0. The first kappa shape index (κ1) is 13.3. The highest BCUT2D eigenvalue weighted by atomic mass is 16.7. The van der Waals surface area contributed by atoms with Crippen LogP contribution in [0.25, 0.3) is 0 Å². The molecule has 0 saturated carbocycles. The van der Waals surface area contributed by atoms with Gasteiger partial charge in [-0.2, -0.15) is 0 Å². The third-order valence-corrected chi connectivity index (χ3v) is 2.88. The highest BCUT2D eigenvalue weighted by Gasteiger charge is 2.55. The van der Waals surface area contributed by atoms with Crippen LogP contribution < -0.4 is 0 Å². The molecule has 0 spiro atoms. The second-order valence-corrected chi connectivity index (χ2v) is 4.22. The van der Waals surface area contributed by atoms with E-state index >= 15 is 0 Å². The lowest BCUT2D eigenvalue weighted by Gasteiger charge is -2.37. The molecule has 0 aromatic heterocycles. The quantitative estimate of drug-likeness (QED) is 0.640. The minimum atomic E-state index is -0.740. The Morgan fingerprint density at radius 3 is 2.28 bits per heavy atom. The van der Waals surface area contributed by atoms with E-state index in [-0.39, 0.29) is 6.61 Å². The number of esters is 2. The van der Waals surface area contributed by atoms with Crippen molar-refractivity contribution in [3.63, 3.8) is 0 Å². The summed E-state index contributed by atoms with van der Waals surface area (Å²) < 4.78 is 26.4. The fourth-order valence-electron chi connectivity index (χ4n) is 2.25. The van der Waals surface area contributed by atoms with Crippen molar-refractivity contribution in [1.29, 1.82) is 0 Å². The molecule has 0 aromatic carbocycles. The van der Waals surface area contributed by atoms with Gasteiger partial charge < -0.3 is 23.7 Å². The van der Waals surface area contributed by atoms with E-state index in [0.717, 1.165) is 0 Å². The predicted octanol–water partition coefficient (Wildman–Crippen LogP) is -0.380. The first-order valence-corrected chi connectivity index (χ1v) is 5.67. The summed E-state index contributed by atoms with van der Waals surface area (Å²) in [6, 6.07) is 0. The number of hydrogen-bond acceptors (Lipinski definition) is 7. The smallest absolute Gasteiger partial charge is 0.303 e. The van der Waals surface area contributed by atoms with Crippen molar-refractivity contribution < 1.29 is 33.3 Å². The number of rotatable bonds is 3. The summed E-state index contributed by atoms with van der Waals surface area (Å²) in [6.07, 6.45) is -2.97. The van der Waals surface area contributed by atoms with Gasteiger partial charge in [0.2, 0.25) is 0 Å². The van der Waals surface area contributed by atoms with Crippen molar-refractivity contribution in [2.24, 2.45) is 0 Å². The van der Waals surface area contributed by atoms with E-state index in [9.17, 15) is 9.59 Å². The van der Waals surface area contributed by atoms with Gasteiger partial charge in [-0.05, 0) is 0 Å². The molecule has 7 nitrogen and oxygen atoms in total. The van der Waals surface area contributed by atoms with Crippen LogP contribution in [0.1, 0.15) is 13.8 Å². The van der Waals surface area contributed by atoms with Crippen LogP contribution in [0.15, 0.2) is 0 Å². The van der Waals surface area contributed by atoms with Crippen LogP contribution in [-0.2, 0) is 33.3 Å². The van der Waals surface area contributed by atoms with E-state index < -0.39 is 42.6 Å². The highest BCUT2D eigenvalue weighted by Crippen LogP contribution is 2.33. The maximum atomic E-state index is 11.1. The molecule has 2 aliphatic heterocycles. The molecule has 102 valence electrons. The Kier molecular flexibility index (Phi) is 3.84. The highest BCUT2D eigenvalue weighted by molar-refractivity contribution is 5.67. The maximum Gasteiger partial charge on any atom is 0.303 e. The van der Waals surface area contributed by atoms with Gasteiger partial charge in [-0.3, -0.25) is 9.59 Å². The van der Waals surface area contributed by atoms with Crippen molar-refractivity contribution in [2.75, 3.05) is 13.7 Å². The molecule has 18 heavy (non-hydrogen) atoms. The van der Waals surface area contributed by atoms with Crippen molar-refractivity contribution in [2.45, 2.75) is 44.6 Å². The predicted molar refractivity (Wildman–Crippen MR) is 56.5 cm³/mol. The van der Waals surface area contributed by atoms with Crippen LogP contribution in [0.3, 0.4) is 0 Å². The second-order valence-electron chi connectivity index (χ2n) is 4.22. The molecule has 0 unspecified atom stereocenters. The van der Waals surface area contributed by atoms with Gasteiger partial charge >= 0.3 is 11.9 Å². The molecule has 2 saturated heterocycles. The minimum Gasteiger partial charge on any atom is -0.457 e. The topological polar surface area (TPSA) is 80.3 Å². The molecule has 0 aromatic rings. The van der Waals surface area contributed by atoms with Gasteiger partial charge in [-0.25, -0.2) is 0 Å². The van der Waals surface area contributed by atoms with Crippen molar-refractivity contribution in [3.8, 4) is 0 Å². The lowest BCUT2D eigenvalue weighted by Crippen LogP contribution is -2.56. The second kappa shape index (κ2) is 5.21. The Hall–Kier alpha value is -1.18. The number of ether oxygens (including phenoxy) is 5. The third kappa shape index (κ3) is 2.47. The van der Waals surface area contributed by atoms with Gasteiger partial charge in [-0.15, -0.1) is 0 Å². The molecule has 2 bridgehead atoms. The molecule has 0 amide bonds. The molecule has 2 aliphatic rings. The van der Waals surface area contributed by atoms with Gasteiger partial charge in [0.15, 0.2) is 18.5 Å². The Bertz CT molecular complexity index is 342. The number of hydrogen-bond donors (Lipinski definition) is 0. The zero-order chi connectivity index (χ0) is 13.3. The van der Waals surface area contributed by atoms with E-state index in [1.54, 1.807) is 0 Å². The van der Waals surface area contributed by atoms with Crippen LogP contribution in [0.5, 0.6) is 0 Å². The van der Waals surface area contributed by atoms with Gasteiger partial charge in [-0.1, -0.05) is 0 Å². The van der Waals surface area contributed by atoms with Crippen LogP contribution >= 0.6 is 0 Å². The first-order valence-electron chi connectivity index (χ1n) is 5.67. The Morgan fingerprint density at radius 2 is 1.72 bits per heavy atom. The molecule has 0 N–H and O–H groups in total. The number of methoxy groups -OCH3 is 1. The Balaban J connectivity index is 2.14. The van der Waals surface area contributed by atoms with Crippen LogP contribution in [0, 0.1) is 0 Å². The zero-order valence-corrected chi connectivity index (χ0v) is 10.5. The van der Waals surface area contributed by atoms with Crippen LogP contribution in [0.2, 0.25) is 0 Å². The number of carbonyl (C=O) groups is 2. The minimum absolute atomic E-state index is 0.278. The largest absolute Gasteiger partial charge is 0.457 e. The lowest BCUT2D eigenvalue weighted by atomic mass is 10.0. The van der Waals surface area contributed by atoms with Crippen LogP contribution in [-0.4, -0.2) is 56.4 Å². The first-order chi connectivity index (χ1) is 8.52. The van der Waals surface area contributed by atoms with E-state index in [0.29, 0.717) is 0 Å². The summed E-state index contributed by atoms with van der Waals surface area (Å²) in [5.74, 6) is -0.900. The monoisotopic (exact) mass is 260 g/mol. The average molecular weight is 260 g/mol. The molecular formula is C11H16O7. The molecule has 0 radical (unpaired) electrons. The van der Waals surface area contributed by atoms with E-state index in [4.69, 9.17) is 23.7 Å². The van der Waals surface area contributed by atoms with Crippen molar-refractivity contribution in [1.82, 2.24) is 0 Å². The average Bonchev–Trinajstić information content (AvgIpc) is 2.55. The van der Waals surface area contributed by atoms with Crippen molar-refractivity contribution >= 4 is 11.9 Å². The van der Waals surface area contributed by atoms with E-state index in [1.165, 1.54) is 21.0 Å². The molecule has 5 atom stereocenters. The van der Waals surface area contributed by atoms with E-state index in [2.05, 4.69) is 0 Å². The molecule has 2 rings (SSSR count). The SMILES string of the molecule is CO[C@H]1O[C@@H]2CO[C@H]([C@H]1OC(C)=O)[C@@H]2OC(C)=O. The third-order valence-electron chi connectivity index (χ3n) is 2.88. The van der Waals surface area contributed by atoms with Gasteiger partial charge in [0.25, 0.3) is 0 Å². The standard InChI is InChI=1S/C11H16O7/c1-5(12)16-8-7-4-15-9(8)10(17-6(2)13)11(14-3)18-7/h7-11H,4H2,1-3H3/t7-,8-,9+,10-,11+/m1/s1. The van der Waals surface area contributed by atoms with Crippen molar-refractivity contribution in [3.05, 3.63) is 0 Å². The van der Waals surface area contributed by atoms with Crippen LogP contribution in [0.4, 0.5) is 0 Å². The zero-order valence-electron chi connectivity index (χ0n) is 10.5. The lowest BCUT2D eigenvalue weighted by molar-refractivity contribution is -0.262. The fraction of sp³-hybridized carbons (Fsp3) is 0.818. The number of carbonyl (C=O) groups excluding carboxylic acids is 2. The summed E-state index contributed by atoms with van der Waals surface area (Å²) in [5, 5.41) is 0. The molecule has 2 heterocycles. The van der Waals surface area contributed by atoms with Gasteiger partial charge in [0.1, 0.15) is 12.2 Å². The summed E-state index contributed by atoms with van der Waals surface area (Å²) >= 11 is 0. The Morgan fingerprint density at radius 1 is 1.11 bits per heavy atom. The molecule has 0 aliphatic carbocycles. The molecular weight excluding hydrogens is 244 g/mol.